The van der Waals surface area contributed by atoms with Gasteiger partial charge in [-0.3, -0.25) is 0 Å². The monoisotopic (exact) mass is 256 g/mol. The van der Waals surface area contributed by atoms with Crippen LogP contribution in [0.3, 0.4) is 0 Å². The standard InChI is InChI=1S/C15H32N2O/c1-15(2,3)16-10-6-5-7-12-18-13-11-17(4)14-8-9-14/h14,16H,5-13H2,1-4H3. The number of likely N-dealkylation sites (N-methyl/N-ethyl adjacent to an activating group) is 1. The van der Waals surface area contributed by atoms with Crippen LogP contribution in [-0.2, 0) is 4.74 Å². The Morgan fingerprint density at radius 2 is 1.83 bits per heavy atom. The minimum atomic E-state index is 0.254. The quantitative estimate of drug-likeness (QED) is 0.608. The molecule has 3 heteroatoms. The smallest absolute Gasteiger partial charge is 0.0593 e. The van der Waals surface area contributed by atoms with Crippen molar-refractivity contribution in [3.63, 3.8) is 0 Å². The van der Waals surface area contributed by atoms with Crippen LogP contribution in [0.2, 0.25) is 0 Å². The average Bonchev–Trinajstić information content (AvgIpc) is 3.08. The fourth-order valence-corrected chi connectivity index (χ4v) is 1.98. The van der Waals surface area contributed by atoms with Crippen molar-refractivity contribution in [2.45, 2.75) is 64.5 Å². The zero-order valence-electron chi connectivity index (χ0n) is 12.8. The summed E-state index contributed by atoms with van der Waals surface area (Å²) in [5, 5.41) is 3.51. The molecule has 0 radical (unpaired) electrons. The molecule has 0 heterocycles. The molecule has 0 spiro atoms. The van der Waals surface area contributed by atoms with E-state index < -0.39 is 0 Å². The van der Waals surface area contributed by atoms with Crippen LogP contribution in [-0.4, -0.2) is 49.8 Å². The molecule has 0 aromatic rings. The van der Waals surface area contributed by atoms with Gasteiger partial charge in [-0.1, -0.05) is 0 Å². The molecular weight excluding hydrogens is 224 g/mol. The number of unbranched alkanes of at least 4 members (excludes halogenated alkanes) is 2. The molecule has 108 valence electrons. The first-order valence-electron chi connectivity index (χ1n) is 7.52. The summed E-state index contributed by atoms with van der Waals surface area (Å²) in [4.78, 5) is 2.42. The topological polar surface area (TPSA) is 24.5 Å². The van der Waals surface area contributed by atoms with Gasteiger partial charge in [0.25, 0.3) is 0 Å². The number of hydrogen-bond acceptors (Lipinski definition) is 3. The first-order valence-corrected chi connectivity index (χ1v) is 7.52. The van der Waals surface area contributed by atoms with Crippen molar-refractivity contribution in [2.75, 3.05) is 33.4 Å². The molecule has 3 nitrogen and oxygen atoms in total. The van der Waals surface area contributed by atoms with Gasteiger partial charge in [0.2, 0.25) is 0 Å². The molecule has 1 aliphatic carbocycles. The highest BCUT2D eigenvalue weighted by Crippen LogP contribution is 2.24. The molecule has 1 aliphatic rings. The van der Waals surface area contributed by atoms with Crippen molar-refractivity contribution in [2.24, 2.45) is 0 Å². The van der Waals surface area contributed by atoms with Gasteiger partial charge in [0.1, 0.15) is 0 Å². The summed E-state index contributed by atoms with van der Waals surface area (Å²) in [7, 11) is 2.21. The fraction of sp³-hybridized carbons (Fsp3) is 1.00. The number of hydrogen-bond donors (Lipinski definition) is 1. The highest BCUT2D eigenvalue weighted by atomic mass is 16.5. The Hall–Kier alpha value is -0.120. The van der Waals surface area contributed by atoms with E-state index in [1.165, 1.54) is 32.1 Å². The Bertz CT molecular complexity index is 209. The zero-order chi connectivity index (χ0) is 13.4. The van der Waals surface area contributed by atoms with Gasteiger partial charge in [-0.15, -0.1) is 0 Å². The van der Waals surface area contributed by atoms with Crippen molar-refractivity contribution < 1.29 is 4.74 Å². The number of ether oxygens (including phenoxy) is 1. The lowest BCUT2D eigenvalue weighted by molar-refractivity contribution is 0.106. The van der Waals surface area contributed by atoms with Gasteiger partial charge in [-0.05, 0) is 66.5 Å². The van der Waals surface area contributed by atoms with E-state index in [-0.39, 0.29) is 5.54 Å². The molecule has 0 aromatic carbocycles. The summed E-state index contributed by atoms with van der Waals surface area (Å²) >= 11 is 0. The Labute approximate surface area is 113 Å². The summed E-state index contributed by atoms with van der Waals surface area (Å²) in [6.45, 7) is 10.7. The second-order valence-electron chi connectivity index (χ2n) is 6.56. The number of nitrogens with zero attached hydrogens (tertiary/aromatic N) is 1. The van der Waals surface area contributed by atoms with Crippen LogP contribution in [0.5, 0.6) is 0 Å². The number of nitrogens with one attached hydrogen (secondary N) is 1. The molecule has 18 heavy (non-hydrogen) atoms. The molecule has 1 saturated carbocycles. The summed E-state index contributed by atoms with van der Waals surface area (Å²) in [5.74, 6) is 0. The molecular formula is C15H32N2O. The molecule has 1 N–H and O–H groups in total. The largest absolute Gasteiger partial charge is 0.380 e. The van der Waals surface area contributed by atoms with E-state index in [0.29, 0.717) is 0 Å². The predicted octanol–water partition coefficient (Wildman–Crippen LogP) is 2.66. The predicted molar refractivity (Wildman–Crippen MR) is 78.1 cm³/mol. The SMILES string of the molecule is CN(CCOCCCCCNC(C)(C)C)C1CC1. The molecule has 0 atom stereocenters. The van der Waals surface area contributed by atoms with E-state index in [1.807, 2.05) is 0 Å². The Morgan fingerprint density at radius 3 is 2.44 bits per heavy atom. The maximum absolute atomic E-state index is 5.67. The van der Waals surface area contributed by atoms with Crippen LogP contribution in [0, 0.1) is 0 Å². The third-order valence-electron chi connectivity index (χ3n) is 3.38. The molecule has 0 aromatic heterocycles. The molecule has 0 aliphatic heterocycles. The van der Waals surface area contributed by atoms with Crippen molar-refractivity contribution >= 4 is 0 Å². The van der Waals surface area contributed by atoms with Crippen LogP contribution in [0.4, 0.5) is 0 Å². The van der Waals surface area contributed by atoms with Gasteiger partial charge in [0.05, 0.1) is 6.61 Å². The molecule has 1 fully saturated rings. The minimum Gasteiger partial charge on any atom is -0.380 e. The van der Waals surface area contributed by atoms with Gasteiger partial charge >= 0.3 is 0 Å². The fourth-order valence-electron chi connectivity index (χ4n) is 1.98. The van der Waals surface area contributed by atoms with E-state index in [0.717, 1.165) is 32.3 Å². The normalized spacial score (nSPS) is 16.5. The van der Waals surface area contributed by atoms with Crippen molar-refractivity contribution in [3.05, 3.63) is 0 Å². The number of rotatable bonds is 10. The van der Waals surface area contributed by atoms with Crippen molar-refractivity contribution in [3.8, 4) is 0 Å². The van der Waals surface area contributed by atoms with Gasteiger partial charge in [-0.2, -0.15) is 0 Å². The Kier molecular flexibility index (Phi) is 7.20. The van der Waals surface area contributed by atoms with Crippen LogP contribution in [0.25, 0.3) is 0 Å². The maximum atomic E-state index is 5.67. The zero-order valence-corrected chi connectivity index (χ0v) is 12.8. The lowest BCUT2D eigenvalue weighted by atomic mass is 10.1. The van der Waals surface area contributed by atoms with E-state index in [2.05, 4.69) is 38.0 Å². The summed E-state index contributed by atoms with van der Waals surface area (Å²) in [6.07, 6.45) is 6.48. The average molecular weight is 256 g/mol. The van der Waals surface area contributed by atoms with Crippen molar-refractivity contribution in [1.82, 2.24) is 10.2 Å². The molecule has 1 rings (SSSR count). The lowest BCUT2D eigenvalue weighted by Gasteiger charge is -2.20. The molecule has 0 bridgehead atoms. The summed E-state index contributed by atoms with van der Waals surface area (Å²) in [6, 6.07) is 0.858. The van der Waals surface area contributed by atoms with Gasteiger partial charge < -0.3 is 15.0 Å². The first kappa shape index (κ1) is 15.9. The Balaban J connectivity index is 1.75. The molecule has 0 saturated heterocycles. The van der Waals surface area contributed by atoms with Gasteiger partial charge in [0.15, 0.2) is 0 Å². The van der Waals surface area contributed by atoms with Crippen LogP contribution in [0.1, 0.15) is 52.9 Å². The van der Waals surface area contributed by atoms with E-state index in [9.17, 15) is 0 Å². The highest BCUT2D eigenvalue weighted by Gasteiger charge is 2.25. The second-order valence-corrected chi connectivity index (χ2v) is 6.56. The van der Waals surface area contributed by atoms with E-state index in [1.54, 1.807) is 0 Å². The summed E-state index contributed by atoms with van der Waals surface area (Å²) < 4.78 is 5.67. The summed E-state index contributed by atoms with van der Waals surface area (Å²) in [5.41, 5.74) is 0.254. The maximum Gasteiger partial charge on any atom is 0.0593 e. The van der Waals surface area contributed by atoms with E-state index in [4.69, 9.17) is 4.74 Å². The highest BCUT2D eigenvalue weighted by molar-refractivity contribution is 4.81. The van der Waals surface area contributed by atoms with Crippen LogP contribution in [0.15, 0.2) is 0 Å². The van der Waals surface area contributed by atoms with E-state index >= 15 is 0 Å². The minimum absolute atomic E-state index is 0.254. The van der Waals surface area contributed by atoms with Crippen LogP contribution >= 0.6 is 0 Å². The second kappa shape index (κ2) is 8.13. The third kappa shape index (κ3) is 8.90. The molecule has 0 unspecified atom stereocenters. The molecule has 0 amide bonds. The van der Waals surface area contributed by atoms with Crippen molar-refractivity contribution in [1.29, 1.82) is 0 Å². The van der Waals surface area contributed by atoms with Crippen LogP contribution < -0.4 is 5.32 Å². The lowest BCUT2D eigenvalue weighted by Crippen LogP contribution is -2.36. The first-order chi connectivity index (χ1) is 8.49. The van der Waals surface area contributed by atoms with Gasteiger partial charge in [0, 0.05) is 24.7 Å². The Morgan fingerprint density at radius 1 is 1.11 bits per heavy atom. The third-order valence-corrected chi connectivity index (χ3v) is 3.38. The van der Waals surface area contributed by atoms with Gasteiger partial charge in [-0.25, -0.2) is 0 Å².